The normalized spacial score (nSPS) is 17.6. The molecular weight excluding hydrogens is 392 g/mol. The van der Waals surface area contributed by atoms with Gasteiger partial charge in [-0.2, -0.15) is 9.40 Å². The first-order valence-electron chi connectivity index (χ1n) is 9.52. The highest BCUT2D eigenvalue weighted by Crippen LogP contribution is 2.28. The van der Waals surface area contributed by atoms with Gasteiger partial charge < -0.3 is 15.1 Å². The number of carbonyl (C=O) groups is 1. The first kappa shape index (κ1) is 19.6. The average Bonchev–Trinajstić information content (AvgIpc) is 2.73. The number of nitrogens with one attached hydrogen (secondary N) is 1. The third kappa shape index (κ3) is 3.90. The largest absolute Gasteiger partial charge is 0.376 e. The maximum atomic E-state index is 13.1. The van der Waals surface area contributed by atoms with Crippen molar-refractivity contribution < 1.29 is 13.2 Å². The number of rotatable bonds is 4. The van der Waals surface area contributed by atoms with Gasteiger partial charge in [-0.15, -0.1) is 5.10 Å². The Morgan fingerprint density at radius 1 is 1.07 bits per heavy atom. The van der Waals surface area contributed by atoms with E-state index in [-0.39, 0.29) is 10.8 Å². The second kappa shape index (κ2) is 7.60. The van der Waals surface area contributed by atoms with Gasteiger partial charge >= 0.3 is 0 Å². The molecule has 154 valence electrons. The van der Waals surface area contributed by atoms with Crippen molar-refractivity contribution in [1.29, 1.82) is 0 Å². The number of anilines is 3. The third-order valence-corrected chi connectivity index (χ3v) is 7.21. The van der Waals surface area contributed by atoms with E-state index in [2.05, 4.69) is 20.4 Å². The van der Waals surface area contributed by atoms with Crippen LogP contribution in [0.5, 0.6) is 0 Å². The Bertz CT molecular complexity index is 1030. The van der Waals surface area contributed by atoms with Crippen LogP contribution in [0.3, 0.4) is 0 Å². The number of nitrogens with zero attached hydrogens (tertiary/aromatic N) is 5. The molecule has 0 saturated carbocycles. The van der Waals surface area contributed by atoms with E-state index < -0.39 is 10.0 Å². The molecular formula is C19H24N6O3S. The van der Waals surface area contributed by atoms with Gasteiger partial charge in [-0.25, -0.2) is 8.42 Å². The number of carbonyl (C=O) groups excluding carboxylic acids is 1. The zero-order valence-corrected chi connectivity index (χ0v) is 17.3. The van der Waals surface area contributed by atoms with Crippen LogP contribution in [0.2, 0.25) is 0 Å². The zero-order valence-electron chi connectivity index (χ0n) is 16.5. The van der Waals surface area contributed by atoms with Crippen molar-refractivity contribution in [2.24, 2.45) is 0 Å². The second-order valence-electron chi connectivity index (χ2n) is 7.42. The van der Waals surface area contributed by atoms with Crippen LogP contribution in [0.1, 0.15) is 12.0 Å². The molecule has 3 heterocycles. The fraction of sp³-hybridized carbons (Fsp3) is 0.421. The molecule has 1 N–H and O–H groups in total. The SMILES string of the molecule is CN(C)c1cnnc(N2CCN(S(=O)(=O)c3ccc4c(c3)CCC(=O)N4)CC2)c1. The molecule has 0 radical (unpaired) electrons. The van der Waals surface area contributed by atoms with Gasteiger partial charge in [0.1, 0.15) is 0 Å². The predicted molar refractivity (Wildman–Crippen MR) is 111 cm³/mol. The molecule has 1 saturated heterocycles. The van der Waals surface area contributed by atoms with Crippen molar-refractivity contribution in [3.8, 4) is 0 Å². The molecule has 29 heavy (non-hydrogen) atoms. The summed E-state index contributed by atoms with van der Waals surface area (Å²) < 4.78 is 27.7. The van der Waals surface area contributed by atoms with E-state index in [1.807, 2.05) is 25.1 Å². The summed E-state index contributed by atoms with van der Waals surface area (Å²) in [5, 5.41) is 11.0. The van der Waals surface area contributed by atoms with Crippen molar-refractivity contribution in [1.82, 2.24) is 14.5 Å². The summed E-state index contributed by atoms with van der Waals surface area (Å²) in [6.45, 7) is 1.85. The van der Waals surface area contributed by atoms with Gasteiger partial charge in [0.25, 0.3) is 0 Å². The van der Waals surface area contributed by atoms with Crippen LogP contribution < -0.4 is 15.1 Å². The summed E-state index contributed by atoms with van der Waals surface area (Å²) in [5.74, 6) is 0.712. The molecule has 2 aromatic rings. The lowest BCUT2D eigenvalue weighted by Gasteiger charge is -2.34. The molecule has 0 spiro atoms. The van der Waals surface area contributed by atoms with E-state index >= 15 is 0 Å². The van der Waals surface area contributed by atoms with Gasteiger partial charge in [-0.3, -0.25) is 4.79 Å². The van der Waals surface area contributed by atoms with Crippen LogP contribution in [-0.4, -0.2) is 69.1 Å². The minimum Gasteiger partial charge on any atom is -0.376 e. The van der Waals surface area contributed by atoms with Crippen molar-refractivity contribution in [2.45, 2.75) is 17.7 Å². The van der Waals surface area contributed by atoms with Crippen LogP contribution in [-0.2, 0) is 21.2 Å². The number of benzene rings is 1. The first-order valence-corrected chi connectivity index (χ1v) is 11.0. The summed E-state index contributed by atoms with van der Waals surface area (Å²) in [5.41, 5.74) is 2.51. The highest BCUT2D eigenvalue weighted by molar-refractivity contribution is 7.89. The minimum absolute atomic E-state index is 0.0364. The highest BCUT2D eigenvalue weighted by atomic mass is 32.2. The summed E-state index contributed by atoms with van der Waals surface area (Å²) in [7, 11) is 0.293. The van der Waals surface area contributed by atoms with Gasteiger partial charge in [-0.1, -0.05) is 0 Å². The number of piperazine rings is 1. The Balaban J connectivity index is 1.48. The maximum Gasteiger partial charge on any atom is 0.243 e. The smallest absolute Gasteiger partial charge is 0.243 e. The topological polar surface area (TPSA) is 98.7 Å². The van der Waals surface area contributed by atoms with Crippen LogP contribution in [0.25, 0.3) is 0 Å². The van der Waals surface area contributed by atoms with E-state index in [1.165, 1.54) is 4.31 Å². The summed E-state index contributed by atoms with van der Waals surface area (Å²) in [6.07, 6.45) is 2.63. The lowest BCUT2D eigenvalue weighted by Crippen LogP contribution is -2.49. The Morgan fingerprint density at radius 2 is 1.83 bits per heavy atom. The van der Waals surface area contributed by atoms with Gasteiger partial charge in [0.2, 0.25) is 15.9 Å². The number of aryl methyl sites for hydroxylation is 1. The molecule has 1 aromatic carbocycles. The fourth-order valence-electron chi connectivity index (χ4n) is 3.57. The van der Waals surface area contributed by atoms with Crippen LogP contribution in [0, 0.1) is 0 Å². The number of aromatic nitrogens is 2. The molecule has 9 nitrogen and oxygen atoms in total. The van der Waals surface area contributed by atoms with Crippen molar-refractivity contribution in [2.75, 3.05) is 55.4 Å². The highest BCUT2D eigenvalue weighted by Gasteiger charge is 2.30. The van der Waals surface area contributed by atoms with Crippen LogP contribution in [0.4, 0.5) is 17.2 Å². The van der Waals surface area contributed by atoms with Crippen molar-refractivity contribution in [3.05, 3.63) is 36.0 Å². The first-order chi connectivity index (χ1) is 13.8. The molecule has 0 unspecified atom stereocenters. The monoisotopic (exact) mass is 416 g/mol. The Hall–Kier alpha value is -2.72. The molecule has 0 aliphatic carbocycles. The zero-order chi connectivity index (χ0) is 20.6. The average molecular weight is 417 g/mol. The quantitative estimate of drug-likeness (QED) is 0.792. The molecule has 1 aromatic heterocycles. The molecule has 4 rings (SSSR count). The number of hydrogen-bond donors (Lipinski definition) is 1. The standard InChI is InChI=1S/C19H24N6O3S/c1-23(2)15-12-18(22-20-13-15)24-7-9-25(10-8-24)29(27,28)16-4-5-17-14(11-16)3-6-19(26)21-17/h4-5,11-13H,3,6-10H2,1-2H3,(H,21,26). The van der Waals surface area contributed by atoms with Gasteiger partial charge in [0, 0.05) is 58.4 Å². The number of sulfonamides is 1. The molecule has 10 heteroatoms. The number of fused-ring (bicyclic) bond motifs is 1. The number of hydrogen-bond acceptors (Lipinski definition) is 7. The van der Waals surface area contributed by atoms with E-state index in [9.17, 15) is 13.2 Å². The molecule has 1 amide bonds. The summed E-state index contributed by atoms with van der Waals surface area (Å²) >= 11 is 0. The van der Waals surface area contributed by atoms with Gasteiger partial charge in [0.15, 0.2) is 5.82 Å². The molecule has 0 bridgehead atoms. The predicted octanol–water partition coefficient (Wildman–Crippen LogP) is 0.938. The van der Waals surface area contributed by atoms with Gasteiger partial charge in [-0.05, 0) is 30.2 Å². The molecule has 2 aliphatic rings. The molecule has 0 atom stereocenters. The molecule has 2 aliphatic heterocycles. The van der Waals surface area contributed by atoms with E-state index in [0.29, 0.717) is 44.7 Å². The molecule has 1 fully saturated rings. The van der Waals surface area contributed by atoms with Gasteiger partial charge in [0.05, 0.1) is 16.8 Å². The lowest BCUT2D eigenvalue weighted by molar-refractivity contribution is -0.116. The maximum absolute atomic E-state index is 13.1. The summed E-state index contributed by atoms with van der Waals surface area (Å²) in [6, 6.07) is 6.88. The van der Waals surface area contributed by atoms with E-state index in [4.69, 9.17) is 0 Å². The van der Waals surface area contributed by atoms with Crippen molar-refractivity contribution in [3.63, 3.8) is 0 Å². The second-order valence-corrected chi connectivity index (χ2v) is 9.36. The van der Waals surface area contributed by atoms with E-state index in [0.717, 1.165) is 17.1 Å². The fourth-order valence-corrected chi connectivity index (χ4v) is 5.04. The third-order valence-electron chi connectivity index (χ3n) is 5.32. The van der Waals surface area contributed by atoms with Crippen molar-refractivity contribution >= 4 is 33.1 Å². The minimum atomic E-state index is -3.59. The van der Waals surface area contributed by atoms with Crippen LogP contribution in [0.15, 0.2) is 35.4 Å². The lowest BCUT2D eigenvalue weighted by atomic mass is 10.0. The summed E-state index contributed by atoms with van der Waals surface area (Å²) in [4.78, 5) is 15.8. The Labute approximate surface area is 170 Å². The Kier molecular flexibility index (Phi) is 5.13. The van der Waals surface area contributed by atoms with E-state index in [1.54, 1.807) is 24.4 Å². The number of amides is 1. The Morgan fingerprint density at radius 3 is 2.55 bits per heavy atom. The van der Waals surface area contributed by atoms with Crippen LogP contribution >= 0.6 is 0 Å².